The molecule has 1 saturated heterocycles. The van der Waals surface area contributed by atoms with Crippen LogP contribution in [0.25, 0.3) is 11.5 Å². The summed E-state index contributed by atoms with van der Waals surface area (Å²) in [5.74, 6) is -1.19. The summed E-state index contributed by atoms with van der Waals surface area (Å²) in [6.45, 7) is 13.3. The minimum absolute atomic E-state index is 0.0528. The number of carboxylic acids is 1. The van der Waals surface area contributed by atoms with Crippen LogP contribution in [0.4, 0.5) is 5.13 Å². The molecule has 0 spiro atoms. The first-order valence-electron chi connectivity index (χ1n) is 11.0. The molecule has 5 N–H and O–H groups in total. The monoisotopic (exact) mass is 528 g/mol. The van der Waals surface area contributed by atoms with Crippen LogP contribution in [0.15, 0.2) is 16.5 Å². The Kier molecular flexibility index (Phi) is 7.15. The molecule has 0 bridgehead atoms. The van der Waals surface area contributed by atoms with E-state index in [4.69, 9.17) is 19.6 Å². The van der Waals surface area contributed by atoms with Gasteiger partial charge in [0, 0.05) is 5.41 Å². The number of thiazole rings is 1. The van der Waals surface area contributed by atoms with Gasteiger partial charge in [-0.2, -0.15) is 0 Å². The molecule has 0 amide bonds. The van der Waals surface area contributed by atoms with E-state index in [2.05, 4.69) is 15.2 Å². The van der Waals surface area contributed by atoms with Crippen molar-refractivity contribution in [2.24, 2.45) is 5.41 Å². The number of nitrogens with zero attached hydrogens (tertiary/aromatic N) is 1. The maximum absolute atomic E-state index is 14.3. The van der Waals surface area contributed by atoms with Crippen LogP contribution < -0.4 is 21.4 Å². The third kappa shape index (κ3) is 5.68. The number of rotatable bonds is 9. The number of furan rings is 1. The topological polar surface area (TPSA) is 166 Å². The number of ether oxygens (including phenoxy) is 2. The zero-order valence-electron chi connectivity index (χ0n) is 21.1. The number of carbonyl (C=O) groups excluding carboxylic acids is 1. The van der Waals surface area contributed by atoms with Crippen LogP contribution in [-0.4, -0.2) is 45.5 Å². The van der Waals surface area contributed by atoms with Crippen LogP contribution >= 0.6 is 18.8 Å². The van der Waals surface area contributed by atoms with E-state index in [1.807, 2.05) is 0 Å². The summed E-state index contributed by atoms with van der Waals surface area (Å²) in [5, 5.41) is 15.5. The summed E-state index contributed by atoms with van der Waals surface area (Å²) in [5.41, 5.74) is 2.82. The van der Waals surface area contributed by atoms with Crippen LogP contribution in [0.5, 0.6) is 0 Å². The summed E-state index contributed by atoms with van der Waals surface area (Å²) in [6, 6.07) is 2.98. The largest absolute Gasteiger partial charge is 0.480 e. The molecule has 1 unspecified atom stereocenters. The van der Waals surface area contributed by atoms with Gasteiger partial charge < -0.3 is 24.7 Å². The highest BCUT2D eigenvalue weighted by Crippen LogP contribution is 2.44. The molecule has 11 nitrogen and oxygen atoms in total. The highest BCUT2D eigenvalue weighted by molar-refractivity contribution is 7.67. The second kappa shape index (κ2) is 9.10. The van der Waals surface area contributed by atoms with E-state index < -0.39 is 42.5 Å². The molecule has 1 fully saturated rings. The lowest BCUT2D eigenvalue weighted by atomic mass is 9.89. The summed E-state index contributed by atoms with van der Waals surface area (Å²) >= 11 is 1.05. The summed E-state index contributed by atoms with van der Waals surface area (Å²) in [6.07, 6.45) is -1.13. The number of nitrogen functional groups attached to an aromatic ring is 1. The van der Waals surface area contributed by atoms with Gasteiger partial charge in [0.05, 0.1) is 5.54 Å². The smallest absolute Gasteiger partial charge is 0.323 e. The molecule has 13 heteroatoms. The third-order valence-electron chi connectivity index (χ3n) is 5.30. The number of hydrogen-bond acceptors (Lipinski definition) is 9. The number of carbonyl (C=O) groups is 2. The van der Waals surface area contributed by atoms with Gasteiger partial charge in [0.25, 0.3) is 7.44 Å². The lowest BCUT2D eigenvalue weighted by Gasteiger charge is -2.45. The molecule has 0 saturated carbocycles. The highest BCUT2D eigenvalue weighted by Gasteiger charge is 2.48. The quantitative estimate of drug-likeness (QED) is 0.277. The number of Topliss-reactive ketones (excluding diaryl/α,β-unsaturated/α-hetero) is 1. The van der Waals surface area contributed by atoms with Crippen LogP contribution in [-0.2, 0) is 18.8 Å². The van der Waals surface area contributed by atoms with Gasteiger partial charge in [-0.25, -0.2) is 15.2 Å². The van der Waals surface area contributed by atoms with Crippen molar-refractivity contribution in [1.82, 2.24) is 15.2 Å². The standard InChI is InChI=1S/C22H33N4O7PS/c1-11-31-18(32-11)22(7,8)26-34(30,25-21(5,6)17(28)29)13-10-9-12(33-13)14-15(35-19(23)24-14)16(27)20(2,3)4/h9-11,18H,1-8H3,(H2,23,24)(H,28,29)(H2,25,26,30). The van der Waals surface area contributed by atoms with E-state index in [-0.39, 0.29) is 27.9 Å². The highest BCUT2D eigenvalue weighted by atomic mass is 32.1. The number of aliphatic carboxylic acids is 1. The molecule has 3 rings (SSSR count). The Bertz CT molecular complexity index is 1170. The Balaban J connectivity index is 2.04. The minimum atomic E-state index is -3.93. The normalized spacial score (nSPS) is 20.8. The number of aromatic nitrogens is 1. The van der Waals surface area contributed by atoms with Crippen molar-refractivity contribution in [3.8, 4) is 11.5 Å². The van der Waals surface area contributed by atoms with Crippen molar-refractivity contribution < 1.29 is 33.2 Å². The third-order valence-corrected chi connectivity index (χ3v) is 8.81. The Morgan fingerprint density at radius 2 is 1.71 bits per heavy atom. The molecule has 0 radical (unpaired) electrons. The van der Waals surface area contributed by atoms with Crippen molar-refractivity contribution in [2.75, 3.05) is 5.73 Å². The minimum Gasteiger partial charge on any atom is -0.480 e. The van der Waals surface area contributed by atoms with E-state index in [0.29, 0.717) is 4.88 Å². The number of carboxylic acid groups (broad SMARTS) is 1. The van der Waals surface area contributed by atoms with E-state index in [1.165, 1.54) is 26.0 Å². The van der Waals surface area contributed by atoms with Crippen molar-refractivity contribution in [3.05, 3.63) is 17.0 Å². The average molecular weight is 529 g/mol. The maximum atomic E-state index is 14.3. The molecule has 35 heavy (non-hydrogen) atoms. The molecule has 1 atom stereocenters. The molecule has 1 aliphatic heterocycles. The number of anilines is 1. The van der Waals surface area contributed by atoms with Gasteiger partial charge in [-0.05, 0) is 46.8 Å². The van der Waals surface area contributed by atoms with Gasteiger partial charge in [0.1, 0.15) is 16.1 Å². The van der Waals surface area contributed by atoms with Crippen LogP contribution in [0.1, 0.15) is 65.1 Å². The van der Waals surface area contributed by atoms with Gasteiger partial charge in [-0.15, -0.1) is 0 Å². The lowest BCUT2D eigenvalue weighted by molar-refractivity contribution is -0.393. The van der Waals surface area contributed by atoms with Gasteiger partial charge in [0.2, 0.25) is 0 Å². The number of nitrogens with two attached hydrogens (primary N) is 1. The Labute approximate surface area is 208 Å². The van der Waals surface area contributed by atoms with E-state index in [0.717, 1.165) is 11.3 Å². The number of hydrogen-bond donors (Lipinski definition) is 4. The first-order chi connectivity index (χ1) is 15.9. The van der Waals surface area contributed by atoms with E-state index in [9.17, 15) is 19.3 Å². The Morgan fingerprint density at radius 1 is 1.11 bits per heavy atom. The predicted octanol–water partition coefficient (Wildman–Crippen LogP) is 3.57. The Hall–Kier alpha value is -2.08. The summed E-state index contributed by atoms with van der Waals surface area (Å²) < 4.78 is 31.4. The van der Waals surface area contributed by atoms with E-state index in [1.54, 1.807) is 41.5 Å². The molecular weight excluding hydrogens is 495 g/mol. The van der Waals surface area contributed by atoms with E-state index >= 15 is 0 Å². The zero-order chi connectivity index (χ0) is 26.6. The van der Waals surface area contributed by atoms with Crippen LogP contribution in [0, 0.1) is 5.41 Å². The molecule has 3 heterocycles. The fourth-order valence-corrected chi connectivity index (χ4v) is 6.93. The van der Waals surface area contributed by atoms with Crippen molar-refractivity contribution in [3.63, 3.8) is 0 Å². The molecular formula is C22H33N4O7PS. The van der Waals surface area contributed by atoms with Crippen molar-refractivity contribution in [1.29, 1.82) is 0 Å². The fourth-order valence-electron chi connectivity index (χ4n) is 3.36. The SMILES string of the molecule is CC1OC(C(C)(C)NP(=O)(NC(C)(C)C(=O)O)c2ccc(-c3nc(N)sc3C(=O)C(C)(C)C)o2)O1. The molecule has 0 aromatic carbocycles. The second-order valence-electron chi connectivity index (χ2n) is 10.6. The van der Waals surface area contributed by atoms with Gasteiger partial charge >= 0.3 is 5.97 Å². The predicted molar refractivity (Wildman–Crippen MR) is 133 cm³/mol. The van der Waals surface area contributed by atoms with Gasteiger partial charge in [0.15, 0.2) is 34.8 Å². The molecule has 1 aliphatic rings. The van der Waals surface area contributed by atoms with Crippen LogP contribution in [0.3, 0.4) is 0 Å². The van der Waals surface area contributed by atoms with Crippen molar-refractivity contribution in [2.45, 2.75) is 79.0 Å². The molecule has 2 aromatic rings. The Morgan fingerprint density at radius 3 is 2.23 bits per heavy atom. The molecule has 194 valence electrons. The van der Waals surface area contributed by atoms with Crippen LogP contribution in [0.2, 0.25) is 0 Å². The summed E-state index contributed by atoms with van der Waals surface area (Å²) in [7, 11) is -3.93. The average Bonchev–Trinajstić information content (AvgIpc) is 3.30. The number of ketones is 1. The number of nitrogens with one attached hydrogen (secondary N) is 2. The summed E-state index contributed by atoms with van der Waals surface area (Å²) in [4.78, 5) is 29.4. The second-order valence-corrected chi connectivity index (χ2v) is 13.7. The van der Waals surface area contributed by atoms with Gasteiger partial charge in [-0.1, -0.05) is 32.1 Å². The zero-order valence-corrected chi connectivity index (χ0v) is 22.8. The maximum Gasteiger partial charge on any atom is 0.323 e. The van der Waals surface area contributed by atoms with Gasteiger partial charge in [-0.3, -0.25) is 14.2 Å². The first-order valence-corrected chi connectivity index (χ1v) is 13.5. The molecule has 2 aromatic heterocycles. The molecule has 0 aliphatic carbocycles. The fraction of sp³-hybridized carbons (Fsp3) is 0.591. The first kappa shape index (κ1) is 27.5. The lowest BCUT2D eigenvalue weighted by Crippen LogP contribution is -2.61. The van der Waals surface area contributed by atoms with Crippen molar-refractivity contribution >= 4 is 41.2 Å².